The third kappa shape index (κ3) is 6.14. The number of halogens is 3. The Morgan fingerprint density at radius 2 is 1.94 bits per heavy atom. The number of phenols is 1. The first-order valence-electron chi connectivity index (χ1n) is 16.7. The van der Waals surface area contributed by atoms with Crippen LogP contribution in [0.2, 0.25) is 5.02 Å². The first-order chi connectivity index (χ1) is 23.1. The molecule has 4 aromatic rings. The molecule has 4 heterocycles. The highest BCUT2D eigenvalue weighted by molar-refractivity contribution is 6.35. The van der Waals surface area contributed by atoms with Crippen molar-refractivity contribution in [1.82, 2.24) is 20.2 Å². The summed E-state index contributed by atoms with van der Waals surface area (Å²) in [5.41, 5.74) is -0.0688. The van der Waals surface area contributed by atoms with Gasteiger partial charge in [0, 0.05) is 61.1 Å². The Morgan fingerprint density at radius 1 is 1.17 bits per heavy atom. The zero-order valence-electron chi connectivity index (χ0n) is 27.5. The number of aromatic nitrogens is 2. The number of aromatic hydroxyl groups is 1. The summed E-state index contributed by atoms with van der Waals surface area (Å²) in [5, 5.41) is 15.5. The summed E-state index contributed by atoms with van der Waals surface area (Å²) < 4.78 is 44.2. The molecule has 3 aliphatic rings. The van der Waals surface area contributed by atoms with Gasteiger partial charge in [0.2, 0.25) is 0 Å². The van der Waals surface area contributed by atoms with E-state index in [1.54, 1.807) is 6.07 Å². The van der Waals surface area contributed by atoms with Crippen molar-refractivity contribution >= 4 is 39.1 Å². The van der Waals surface area contributed by atoms with Gasteiger partial charge in [0.15, 0.2) is 5.82 Å². The number of terminal acetylenes is 1. The lowest BCUT2D eigenvalue weighted by atomic mass is 9.93. The number of piperazine rings is 1. The molecule has 3 aromatic carbocycles. The Kier molecular flexibility index (Phi) is 8.84. The summed E-state index contributed by atoms with van der Waals surface area (Å²) in [6.45, 7) is 10.7. The molecule has 3 saturated heterocycles. The summed E-state index contributed by atoms with van der Waals surface area (Å²) in [5.74, 6) is 1.44. The standard InChI is InChI=1S/C37H40ClF2N5O3/c1-5-26-30(39)11-8-22-14-25(46)15-27(31(22)26)32-29(38)16-28-34(33(32)40)42-36(43-35(28)45-18-23-9-10-24(19-45)41-23)47-13-7-12-44-17-21(3)48-37(4,6-2)20-44/h1,8,11,14-16,21,23-24,41,46H,6-7,9-10,12-13,17-20H2,2-4H3. The highest BCUT2D eigenvalue weighted by Gasteiger charge is 2.35. The minimum Gasteiger partial charge on any atom is -0.508 e. The second-order valence-electron chi connectivity index (χ2n) is 13.6. The lowest BCUT2D eigenvalue weighted by Gasteiger charge is -2.43. The van der Waals surface area contributed by atoms with E-state index in [-0.39, 0.29) is 56.1 Å². The number of benzene rings is 3. The number of phenolic OH excluding ortho intramolecular Hbond substituents is 1. The molecule has 0 amide bonds. The van der Waals surface area contributed by atoms with Crippen LogP contribution in [0.3, 0.4) is 0 Å². The number of nitrogens with one attached hydrogen (secondary N) is 1. The molecule has 3 aliphatic heterocycles. The number of morpholine rings is 1. The van der Waals surface area contributed by atoms with Crippen molar-refractivity contribution < 1.29 is 23.4 Å². The van der Waals surface area contributed by atoms with Crippen LogP contribution in [0.15, 0.2) is 30.3 Å². The van der Waals surface area contributed by atoms with Crippen LogP contribution in [0, 0.1) is 24.0 Å². The SMILES string of the molecule is C#Cc1c(F)ccc2cc(O)cc(-c3c(Cl)cc4c(N5CC6CCC(C5)N6)nc(OCCCN5CC(C)OC(C)(CC)C5)nc4c3F)c12. The minimum absolute atomic E-state index is 0.0242. The number of ether oxygens (including phenoxy) is 2. The van der Waals surface area contributed by atoms with Gasteiger partial charge in [0.05, 0.1) is 28.9 Å². The molecule has 11 heteroatoms. The summed E-state index contributed by atoms with van der Waals surface area (Å²) in [6.07, 6.45) is 9.63. The molecule has 4 atom stereocenters. The lowest BCUT2D eigenvalue weighted by Crippen LogP contribution is -2.53. The molecule has 48 heavy (non-hydrogen) atoms. The number of hydrogen-bond donors (Lipinski definition) is 2. The van der Waals surface area contributed by atoms with Crippen molar-refractivity contribution in [1.29, 1.82) is 0 Å². The maximum Gasteiger partial charge on any atom is 0.319 e. The predicted molar refractivity (Wildman–Crippen MR) is 185 cm³/mol. The first kappa shape index (κ1) is 32.8. The predicted octanol–water partition coefficient (Wildman–Crippen LogP) is 6.67. The van der Waals surface area contributed by atoms with Crippen LogP contribution in [-0.4, -0.2) is 83.1 Å². The van der Waals surface area contributed by atoms with Gasteiger partial charge < -0.3 is 24.8 Å². The van der Waals surface area contributed by atoms with E-state index in [0.29, 0.717) is 48.4 Å². The third-order valence-corrected chi connectivity index (χ3v) is 10.3. The molecule has 2 bridgehead atoms. The van der Waals surface area contributed by atoms with Crippen LogP contribution in [0.1, 0.15) is 52.0 Å². The number of hydrogen-bond acceptors (Lipinski definition) is 8. The quantitative estimate of drug-likeness (QED) is 0.158. The van der Waals surface area contributed by atoms with Crippen molar-refractivity contribution in [2.45, 2.75) is 70.2 Å². The van der Waals surface area contributed by atoms with E-state index in [4.69, 9.17) is 32.5 Å². The highest BCUT2D eigenvalue weighted by atomic mass is 35.5. The van der Waals surface area contributed by atoms with Crippen LogP contribution < -0.4 is 15.0 Å². The molecule has 0 radical (unpaired) electrons. The van der Waals surface area contributed by atoms with Gasteiger partial charge in [-0.3, -0.25) is 4.90 Å². The smallest absolute Gasteiger partial charge is 0.319 e. The molecule has 4 unspecified atom stereocenters. The molecule has 2 N–H and O–H groups in total. The fraction of sp³-hybridized carbons (Fsp3) is 0.459. The van der Waals surface area contributed by atoms with Gasteiger partial charge in [0.1, 0.15) is 22.9 Å². The van der Waals surface area contributed by atoms with Crippen molar-refractivity contribution in [3.8, 4) is 35.2 Å². The van der Waals surface area contributed by atoms with E-state index in [1.165, 1.54) is 24.3 Å². The highest BCUT2D eigenvalue weighted by Crippen LogP contribution is 2.44. The molecule has 3 fully saturated rings. The van der Waals surface area contributed by atoms with Gasteiger partial charge in [-0.25, -0.2) is 8.78 Å². The fourth-order valence-electron chi connectivity index (χ4n) is 7.72. The fourth-order valence-corrected chi connectivity index (χ4v) is 8.02. The van der Waals surface area contributed by atoms with Gasteiger partial charge in [0.25, 0.3) is 0 Å². The average molecular weight is 676 g/mol. The van der Waals surface area contributed by atoms with Crippen LogP contribution in [0.25, 0.3) is 32.8 Å². The maximum absolute atomic E-state index is 17.0. The second kappa shape index (κ2) is 12.9. The van der Waals surface area contributed by atoms with Crippen LogP contribution >= 0.6 is 11.6 Å². The maximum atomic E-state index is 17.0. The van der Waals surface area contributed by atoms with Crippen LogP contribution in [0.4, 0.5) is 14.6 Å². The number of rotatable bonds is 8. The van der Waals surface area contributed by atoms with E-state index in [9.17, 15) is 9.50 Å². The monoisotopic (exact) mass is 675 g/mol. The molecule has 8 nitrogen and oxygen atoms in total. The molecule has 0 saturated carbocycles. The summed E-state index contributed by atoms with van der Waals surface area (Å²) in [4.78, 5) is 14.0. The van der Waals surface area contributed by atoms with Gasteiger partial charge in [-0.05, 0) is 74.7 Å². The van der Waals surface area contributed by atoms with Gasteiger partial charge in [-0.1, -0.05) is 30.5 Å². The van der Waals surface area contributed by atoms with E-state index in [1.807, 2.05) is 0 Å². The molecule has 1 aromatic heterocycles. The molecular weight excluding hydrogens is 636 g/mol. The van der Waals surface area contributed by atoms with Gasteiger partial charge in [-0.15, -0.1) is 6.42 Å². The van der Waals surface area contributed by atoms with Crippen molar-refractivity contribution in [2.24, 2.45) is 0 Å². The Labute approximate surface area is 284 Å². The number of anilines is 1. The topological polar surface area (TPSA) is 83.0 Å². The van der Waals surface area contributed by atoms with Gasteiger partial charge >= 0.3 is 6.01 Å². The molecular formula is C37H40ClF2N5O3. The zero-order chi connectivity index (χ0) is 33.7. The summed E-state index contributed by atoms with van der Waals surface area (Å²) in [6, 6.07) is 7.85. The Bertz CT molecular complexity index is 1920. The van der Waals surface area contributed by atoms with E-state index in [0.717, 1.165) is 45.3 Å². The first-order valence-corrected chi connectivity index (χ1v) is 17.1. The normalized spacial score (nSPS) is 24.4. The van der Waals surface area contributed by atoms with Crippen LogP contribution in [0.5, 0.6) is 11.8 Å². The Morgan fingerprint density at radius 3 is 2.67 bits per heavy atom. The largest absolute Gasteiger partial charge is 0.508 e. The average Bonchev–Trinajstić information content (AvgIpc) is 3.39. The van der Waals surface area contributed by atoms with E-state index < -0.39 is 11.6 Å². The van der Waals surface area contributed by atoms with E-state index >= 15 is 4.39 Å². The second-order valence-corrected chi connectivity index (χ2v) is 14.1. The number of fused-ring (bicyclic) bond motifs is 4. The summed E-state index contributed by atoms with van der Waals surface area (Å²) in [7, 11) is 0. The molecule has 0 spiro atoms. The zero-order valence-corrected chi connectivity index (χ0v) is 28.2. The van der Waals surface area contributed by atoms with Gasteiger partial charge in [-0.2, -0.15) is 9.97 Å². The van der Waals surface area contributed by atoms with Crippen LogP contribution in [-0.2, 0) is 4.74 Å². The summed E-state index contributed by atoms with van der Waals surface area (Å²) >= 11 is 6.87. The molecule has 7 rings (SSSR count). The van der Waals surface area contributed by atoms with E-state index in [2.05, 4.69) is 46.8 Å². The van der Waals surface area contributed by atoms with Crippen molar-refractivity contribution in [3.05, 3.63) is 52.6 Å². The van der Waals surface area contributed by atoms with Crippen molar-refractivity contribution in [3.63, 3.8) is 0 Å². The third-order valence-electron chi connectivity index (χ3n) is 9.98. The minimum atomic E-state index is -0.732. The lowest BCUT2D eigenvalue weighted by molar-refractivity contribution is -0.140. The number of nitrogens with zero attached hydrogens (tertiary/aromatic N) is 4. The van der Waals surface area contributed by atoms with Crippen molar-refractivity contribution in [2.75, 3.05) is 44.2 Å². The molecule has 252 valence electrons. The Hall–Kier alpha value is -3.75. The Balaban J connectivity index is 1.28. The molecule has 0 aliphatic carbocycles.